The zero-order valence-corrected chi connectivity index (χ0v) is 7.28. The Morgan fingerprint density at radius 3 is 2.92 bits per heavy atom. The lowest BCUT2D eigenvalue weighted by Gasteiger charge is -2.07. The molecule has 0 aromatic carbocycles. The van der Waals surface area contributed by atoms with E-state index in [0.717, 1.165) is 12.2 Å². The molecule has 62 valence electrons. The van der Waals surface area contributed by atoms with Crippen LogP contribution >= 0.6 is 0 Å². The van der Waals surface area contributed by atoms with E-state index in [0.29, 0.717) is 5.56 Å². The molecule has 0 spiro atoms. The lowest BCUT2D eigenvalue weighted by molar-refractivity contribution is 0.397. The summed E-state index contributed by atoms with van der Waals surface area (Å²) < 4.78 is 0. The summed E-state index contributed by atoms with van der Waals surface area (Å²) in [4.78, 5) is 6.15. The predicted octanol–water partition coefficient (Wildman–Crippen LogP) is 1.01. The highest BCUT2D eigenvalue weighted by Gasteiger charge is 1.97. The van der Waals surface area contributed by atoms with Crippen molar-refractivity contribution in [1.29, 1.82) is 5.26 Å². The maximum Gasteiger partial charge on any atom is 0.0992 e. The Kier molecular flexibility index (Phi) is 2.78. The van der Waals surface area contributed by atoms with E-state index in [4.69, 9.17) is 5.26 Å². The second kappa shape index (κ2) is 3.84. The number of hydrogen-bond donors (Lipinski definition) is 0. The number of nitrogens with zero attached hydrogens (tertiary/aromatic N) is 3. The van der Waals surface area contributed by atoms with Crippen LogP contribution in [-0.2, 0) is 6.54 Å². The van der Waals surface area contributed by atoms with E-state index >= 15 is 0 Å². The second-order valence-electron chi connectivity index (χ2n) is 2.89. The number of nitriles is 1. The molecule has 3 nitrogen and oxygen atoms in total. The van der Waals surface area contributed by atoms with Crippen LogP contribution in [-0.4, -0.2) is 24.0 Å². The fraction of sp³-hybridized carbons (Fsp3) is 0.333. The third-order valence-corrected chi connectivity index (χ3v) is 1.42. The molecular weight excluding hydrogens is 150 g/mol. The number of pyridine rings is 1. The number of rotatable bonds is 2. The summed E-state index contributed by atoms with van der Waals surface area (Å²) in [6.45, 7) is 0.773. The van der Waals surface area contributed by atoms with E-state index in [-0.39, 0.29) is 0 Å². The van der Waals surface area contributed by atoms with E-state index in [2.05, 4.69) is 11.1 Å². The molecule has 0 unspecified atom stereocenters. The van der Waals surface area contributed by atoms with E-state index in [9.17, 15) is 0 Å². The van der Waals surface area contributed by atoms with Gasteiger partial charge in [0.2, 0.25) is 0 Å². The Labute approximate surface area is 72.3 Å². The topological polar surface area (TPSA) is 39.9 Å². The summed E-state index contributed by atoms with van der Waals surface area (Å²) in [6, 6.07) is 5.60. The molecule has 0 aliphatic rings. The quantitative estimate of drug-likeness (QED) is 0.650. The largest absolute Gasteiger partial charge is 0.304 e. The Bertz CT molecular complexity index is 299. The van der Waals surface area contributed by atoms with Crippen LogP contribution in [0.25, 0.3) is 0 Å². The monoisotopic (exact) mass is 161 g/mol. The van der Waals surface area contributed by atoms with Crippen LogP contribution < -0.4 is 0 Å². The van der Waals surface area contributed by atoms with Crippen molar-refractivity contribution in [3.8, 4) is 6.07 Å². The molecular formula is C9H11N3. The van der Waals surface area contributed by atoms with Crippen LogP contribution in [0.2, 0.25) is 0 Å². The molecule has 0 amide bonds. The summed E-state index contributed by atoms with van der Waals surface area (Å²) in [6.07, 6.45) is 1.66. The normalized spacial score (nSPS) is 9.83. The number of aromatic nitrogens is 1. The molecule has 0 saturated carbocycles. The van der Waals surface area contributed by atoms with Crippen LogP contribution in [0.4, 0.5) is 0 Å². The van der Waals surface area contributed by atoms with Gasteiger partial charge in [-0.15, -0.1) is 0 Å². The second-order valence-corrected chi connectivity index (χ2v) is 2.89. The van der Waals surface area contributed by atoms with Crippen LogP contribution in [0, 0.1) is 11.3 Å². The maximum absolute atomic E-state index is 8.60. The molecule has 0 N–H and O–H groups in total. The fourth-order valence-corrected chi connectivity index (χ4v) is 0.958. The summed E-state index contributed by atoms with van der Waals surface area (Å²) in [5, 5.41) is 8.60. The highest BCUT2D eigenvalue weighted by molar-refractivity contribution is 5.28. The molecule has 0 aliphatic heterocycles. The fourth-order valence-electron chi connectivity index (χ4n) is 0.958. The van der Waals surface area contributed by atoms with Crippen molar-refractivity contribution >= 4 is 0 Å². The minimum absolute atomic E-state index is 0.668. The summed E-state index contributed by atoms with van der Waals surface area (Å²) in [5.74, 6) is 0. The van der Waals surface area contributed by atoms with Gasteiger partial charge in [-0.05, 0) is 26.2 Å². The van der Waals surface area contributed by atoms with Gasteiger partial charge in [0.1, 0.15) is 0 Å². The molecule has 0 saturated heterocycles. The van der Waals surface area contributed by atoms with Crippen LogP contribution in [0.15, 0.2) is 18.3 Å². The standard InChI is InChI=1S/C9H11N3/c1-12(2)7-9-5-8(6-10)3-4-11-9/h3-5H,7H2,1-2H3. The van der Waals surface area contributed by atoms with Gasteiger partial charge in [0.25, 0.3) is 0 Å². The van der Waals surface area contributed by atoms with E-state index in [1.807, 2.05) is 19.0 Å². The first-order valence-corrected chi connectivity index (χ1v) is 3.72. The molecule has 12 heavy (non-hydrogen) atoms. The summed E-state index contributed by atoms with van der Waals surface area (Å²) in [5.41, 5.74) is 1.60. The lowest BCUT2D eigenvalue weighted by Crippen LogP contribution is -2.11. The summed E-state index contributed by atoms with van der Waals surface area (Å²) >= 11 is 0. The molecule has 0 atom stereocenters. The van der Waals surface area contributed by atoms with Crippen molar-refractivity contribution in [1.82, 2.24) is 9.88 Å². The maximum atomic E-state index is 8.60. The van der Waals surface area contributed by atoms with Crippen LogP contribution in [0.5, 0.6) is 0 Å². The van der Waals surface area contributed by atoms with Gasteiger partial charge in [0, 0.05) is 12.7 Å². The van der Waals surface area contributed by atoms with Crippen molar-refractivity contribution in [2.24, 2.45) is 0 Å². The molecule has 0 fully saturated rings. The van der Waals surface area contributed by atoms with Gasteiger partial charge in [0.05, 0.1) is 17.3 Å². The molecule has 3 heteroatoms. The van der Waals surface area contributed by atoms with Crippen molar-refractivity contribution in [2.75, 3.05) is 14.1 Å². The Balaban J connectivity index is 2.81. The van der Waals surface area contributed by atoms with Crippen molar-refractivity contribution in [3.05, 3.63) is 29.6 Å². The van der Waals surface area contributed by atoms with Crippen molar-refractivity contribution in [2.45, 2.75) is 6.54 Å². The average Bonchev–Trinajstić information content (AvgIpc) is 2.03. The van der Waals surface area contributed by atoms with Gasteiger partial charge < -0.3 is 4.90 Å². The first-order chi connectivity index (χ1) is 5.72. The van der Waals surface area contributed by atoms with Gasteiger partial charge in [-0.25, -0.2) is 0 Å². The van der Waals surface area contributed by atoms with Crippen molar-refractivity contribution < 1.29 is 0 Å². The van der Waals surface area contributed by atoms with Crippen molar-refractivity contribution in [3.63, 3.8) is 0 Å². The minimum atomic E-state index is 0.668. The Morgan fingerprint density at radius 1 is 1.58 bits per heavy atom. The zero-order chi connectivity index (χ0) is 8.97. The third kappa shape index (κ3) is 2.33. The van der Waals surface area contributed by atoms with Crippen LogP contribution in [0.1, 0.15) is 11.3 Å². The minimum Gasteiger partial charge on any atom is -0.304 e. The highest BCUT2D eigenvalue weighted by Crippen LogP contribution is 2.01. The zero-order valence-electron chi connectivity index (χ0n) is 7.28. The Hall–Kier alpha value is -1.40. The van der Waals surface area contributed by atoms with E-state index < -0.39 is 0 Å². The third-order valence-electron chi connectivity index (χ3n) is 1.42. The molecule has 0 radical (unpaired) electrons. The van der Waals surface area contributed by atoms with Crippen LogP contribution in [0.3, 0.4) is 0 Å². The molecule has 1 rings (SSSR count). The highest BCUT2D eigenvalue weighted by atomic mass is 15.1. The molecule has 1 aromatic rings. The molecule has 0 bridgehead atoms. The molecule has 1 aromatic heterocycles. The van der Waals surface area contributed by atoms with E-state index in [1.165, 1.54) is 0 Å². The molecule has 1 heterocycles. The number of hydrogen-bond acceptors (Lipinski definition) is 3. The first-order valence-electron chi connectivity index (χ1n) is 3.72. The lowest BCUT2D eigenvalue weighted by atomic mass is 10.2. The van der Waals surface area contributed by atoms with Gasteiger partial charge in [-0.2, -0.15) is 5.26 Å². The van der Waals surface area contributed by atoms with E-state index in [1.54, 1.807) is 18.3 Å². The first kappa shape index (κ1) is 8.69. The smallest absolute Gasteiger partial charge is 0.0992 e. The van der Waals surface area contributed by atoms with Gasteiger partial charge >= 0.3 is 0 Å². The average molecular weight is 161 g/mol. The van der Waals surface area contributed by atoms with Gasteiger partial charge in [0.15, 0.2) is 0 Å². The molecule has 0 aliphatic carbocycles. The Morgan fingerprint density at radius 2 is 2.33 bits per heavy atom. The van der Waals surface area contributed by atoms with Gasteiger partial charge in [-0.3, -0.25) is 4.98 Å². The van der Waals surface area contributed by atoms with Gasteiger partial charge in [-0.1, -0.05) is 0 Å². The SMILES string of the molecule is CN(C)Cc1cc(C#N)ccn1. The predicted molar refractivity (Wildman–Crippen MR) is 46.3 cm³/mol. The summed E-state index contributed by atoms with van der Waals surface area (Å²) in [7, 11) is 3.95.